The van der Waals surface area contributed by atoms with Crippen LogP contribution >= 0.6 is 36.1 Å². The van der Waals surface area contributed by atoms with E-state index in [0.29, 0.717) is 0 Å². The Morgan fingerprint density at radius 1 is 0.857 bits per heavy atom. The van der Waals surface area contributed by atoms with Crippen molar-refractivity contribution in [1.82, 2.24) is 3.71 Å². The van der Waals surface area contributed by atoms with Crippen LogP contribution in [0.2, 0.25) is 0 Å². The average molecular weight is 330 g/mol. The number of fused-ring (bicyclic) bond motifs is 2. The first-order chi connectivity index (χ1) is 10.3. The molecule has 0 unspecified atom stereocenters. The molecule has 0 aliphatic rings. The molecule has 3 aromatic rings. The summed E-state index contributed by atoms with van der Waals surface area (Å²) in [5, 5.41) is 4.90. The third kappa shape index (κ3) is 2.63. The smallest absolute Gasteiger partial charge is 0.131 e. The SMILES string of the molecule is CSN(SC)C(=S)c1c2ccccc2cc2ccccc12. The Hall–Kier alpha value is -1.23. The van der Waals surface area contributed by atoms with Gasteiger partial charge < -0.3 is 0 Å². The largest absolute Gasteiger partial charge is 0.248 e. The molecular weight excluding hydrogens is 314 g/mol. The quantitative estimate of drug-likeness (QED) is 0.353. The predicted octanol–water partition coefficient (Wildman–Crippen LogP) is 5.53. The lowest BCUT2D eigenvalue weighted by molar-refractivity contribution is 1.18. The van der Waals surface area contributed by atoms with Gasteiger partial charge in [-0.3, -0.25) is 0 Å². The summed E-state index contributed by atoms with van der Waals surface area (Å²) in [5.74, 6) is 0. The van der Waals surface area contributed by atoms with E-state index < -0.39 is 0 Å². The van der Waals surface area contributed by atoms with Gasteiger partial charge in [-0.1, -0.05) is 60.7 Å². The minimum absolute atomic E-state index is 0.878. The van der Waals surface area contributed by atoms with Gasteiger partial charge in [-0.25, -0.2) is 3.71 Å². The number of benzene rings is 3. The highest BCUT2D eigenvalue weighted by atomic mass is 32.2. The molecule has 0 radical (unpaired) electrons. The lowest BCUT2D eigenvalue weighted by Gasteiger charge is -2.21. The van der Waals surface area contributed by atoms with E-state index in [0.717, 1.165) is 10.6 Å². The van der Waals surface area contributed by atoms with Crippen molar-refractivity contribution in [1.29, 1.82) is 0 Å². The van der Waals surface area contributed by atoms with E-state index in [4.69, 9.17) is 12.2 Å². The number of hydrogen-bond donors (Lipinski definition) is 0. The van der Waals surface area contributed by atoms with E-state index in [1.54, 1.807) is 23.9 Å². The standard InChI is InChI=1S/C17H15NS3/c1-20-18(21-2)17(19)16-14-9-5-3-7-12(14)11-13-8-4-6-10-15(13)16/h3-11H,1-2H3. The van der Waals surface area contributed by atoms with Gasteiger partial charge in [0.1, 0.15) is 4.99 Å². The number of hydrogen-bond acceptors (Lipinski definition) is 3. The maximum absolute atomic E-state index is 5.78. The topological polar surface area (TPSA) is 3.24 Å². The Balaban J connectivity index is 2.37. The van der Waals surface area contributed by atoms with E-state index in [1.807, 2.05) is 0 Å². The van der Waals surface area contributed by atoms with Crippen LogP contribution in [0.4, 0.5) is 0 Å². The highest BCUT2D eigenvalue weighted by molar-refractivity contribution is 8.13. The minimum atomic E-state index is 0.878. The minimum Gasteiger partial charge on any atom is -0.248 e. The first-order valence-corrected chi connectivity index (χ1v) is 9.36. The molecule has 0 saturated carbocycles. The Kier molecular flexibility index (Phi) is 4.38. The van der Waals surface area contributed by atoms with E-state index in [9.17, 15) is 0 Å². The fourth-order valence-corrected chi connectivity index (χ4v) is 4.35. The van der Waals surface area contributed by atoms with Crippen LogP contribution in [0.3, 0.4) is 0 Å². The highest BCUT2D eigenvalue weighted by Gasteiger charge is 2.16. The third-order valence-electron chi connectivity index (χ3n) is 3.48. The van der Waals surface area contributed by atoms with Crippen LogP contribution in [0.25, 0.3) is 21.5 Å². The van der Waals surface area contributed by atoms with E-state index in [1.165, 1.54) is 21.5 Å². The van der Waals surface area contributed by atoms with E-state index >= 15 is 0 Å². The summed E-state index contributed by atoms with van der Waals surface area (Å²) in [4.78, 5) is 0.878. The molecule has 106 valence electrons. The normalized spacial score (nSPS) is 11.0. The van der Waals surface area contributed by atoms with E-state index in [2.05, 4.69) is 70.8 Å². The van der Waals surface area contributed by atoms with Crippen molar-refractivity contribution in [2.75, 3.05) is 12.5 Å². The summed E-state index contributed by atoms with van der Waals surface area (Å²) in [6.07, 6.45) is 4.10. The molecule has 0 spiro atoms. The molecule has 3 aromatic carbocycles. The monoisotopic (exact) mass is 329 g/mol. The van der Waals surface area contributed by atoms with Crippen molar-refractivity contribution in [3.05, 3.63) is 60.2 Å². The molecule has 0 aliphatic heterocycles. The van der Waals surface area contributed by atoms with Gasteiger partial charge in [-0.15, -0.1) is 0 Å². The first-order valence-electron chi connectivity index (χ1n) is 6.59. The second-order valence-corrected chi connectivity index (χ2v) is 6.70. The molecule has 21 heavy (non-hydrogen) atoms. The number of rotatable bonds is 3. The lowest BCUT2D eigenvalue weighted by atomic mass is 9.97. The molecule has 0 N–H and O–H groups in total. The van der Waals surface area contributed by atoms with Crippen LogP contribution in [0.1, 0.15) is 5.56 Å². The average Bonchev–Trinajstić information content (AvgIpc) is 2.53. The van der Waals surface area contributed by atoms with Crippen molar-refractivity contribution >= 4 is 62.6 Å². The fourth-order valence-electron chi connectivity index (χ4n) is 2.58. The van der Waals surface area contributed by atoms with Crippen LogP contribution < -0.4 is 0 Å². The summed E-state index contributed by atoms with van der Waals surface area (Å²) in [5.41, 5.74) is 1.16. The Labute approximate surface area is 139 Å². The van der Waals surface area contributed by atoms with Crippen molar-refractivity contribution in [3.8, 4) is 0 Å². The summed E-state index contributed by atoms with van der Waals surface area (Å²) in [7, 11) is 0. The predicted molar refractivity (Wildman–Crippen MR) is 102 cm³/mol. The van der Waals surface area contributed by atoms with Gasteiger partial charge in [-0.05, 0) is 51.5 Å². The maximum atomic E-state index is 5.78. The summed E-state index contributed by atoms with van der Waals surface area (Å²) >= 11 is 9.07. The zero-order valence-electron chi connectivity index (χ0n) is 11.9. The van der Waals surface area contributed by atoms with E-state index in [-0.39, 0.29) is 0 Å². The van der Waals surface area contributed by atoms with Crippen molar-refractivity contribution in [2.45, 2.75) is 0 Å². The van der Waals surface area contributed by atoms with Gasteiger partial charge in [0, 0.05) is 18.1 Å². The molecule has 1 nitrogen and oxygen atoms in total. The molecule has 0 amide bonds. The summed E-state index contributed by atoms with van der Waals surface area (Å²) in [6, 6.07) is 19.1. The second kappa shape index (κ2) is 6.26. The third-order valence-corrected chi connectivity index (χ3v) is 6.02. The van der Waals surface area contributed by atoms with Gasteiger partial charge in [-0.2, -0.15) is 0 Å². The molecule has 0 saturated heterocycles. The molecule has 0 atom stereocenters. The zero-order chi connectivity index (χ0) is 14.8. The van der Waals surface area contributed by atoms with Crippen LogP contribution in [0, 0.1) is 0 Å². The summed E-state index contributed by atoms with van der Waals surface area (Å²) in [6.45, 7) is 0. The second-order valence-electron chi connectivity index (χ2n) is 4.62. The van der Waals surface area contributed by atoms with Crippen LogP contribution in [-0.4, -0.2) is 21.2 Å². The molecule has 0 aliphatic carbocycles. The fraction of sp³-hybridized carbons (Fsp3) is 0.118. The van der Waals surface area contributed by atoms with Gasteiger partial charge in [0.25, 0.3) is 0 Å². The van der Waals surface area contributed by atoms with Crippen molar-refractivity contribution in [3.63, 3.8) is 0 Å². The van der Waals surface area contributed by atoms with Crippen LogP contribution in [-0.2, 0) is 0 Å². The van der Waals surface area contributed by atoms with Crippen LogP contribution in [0.15, 0.2) is 54.6 Å². The highest BCUT2D eigenvalue weighted by Crippen LogP contribution is 2.32. The molecule has 0 fully saturated rings. The Bertz CT molecular complexity index is 755. The maximum Gasteiger partial charge on any atom is 0.131 e. The van der Waals surface area contributed by atoms with Gasteiger partial charge in [0.05, 0.1) is 0 Å². The molecule has 4 heteroatoms. The molecule has 3 rings (SSSR count). The molecule has 0 bridgehead atoms. The summed E-state index contributed by atoms with van der Waals surface area (Å²) < 4.78 is 2.09. The number of nitrogens with zero attached hydrogens (tertiary/aromatic N) is 1. The van der Waals surface area contributed by atoms with Crippen molar-refractivity contribution in [2.24, 2.45) is 0 Å². The van der Waals surface area contributed by atoms with Crippen LogP contribution in [0.5, 0.6) is 0 Å². The molecule has 0 heterocycles. The molecular formula is C17H15NS3. The van der Waals surface area contributed by atoms with Crippen molar-refractivity contribution < 1.29 is 0 Å². The Morgan fingerprint density at radius 2 is 1.33 bits per heavy atom. The molecule has 0 aromatic heterocycles. The van der Waals surface area contributed by atoms with Gasteiger partial charge >= 0.3 is 0 Å². The Morgan fingerprint density at radius 3 is 1.81 bits per heavy atom. The van der Waals surface area contributed by atoms with Gasteiger partial charge in [0.15, 0.2) is 0 Å². The number of thiocarbonyl (C=S) groups is 1. The van der Waals surface area contributed by atoms with Gasteiger partial charge in [0.2, 0.25) is 0 Å². The zero-order valence-corrected chi connectivity index (χ0v) is 14.3. The lowest BCUT2D eigenvalue weighted by Crippen LogP contribution is -2.16. The first kappa shape index (κ1) is 14.7.